The van der Waals surface area contributed by atoms with E-state index >= 15 is 0 Å². The van der Waals surface area contributed by atoms with Gasteiger partial charge in [-0.25, -0.2) is 0 Å². The van der Waals surface area contributed by atoms with Crippen LogP contribution in [0.5, 0.6) is 5.75 Å². The fraction of sp³-hybridized carbons (Fsp3) is 0.200. The van der Waals surface area contributed by atoms with Crippen molar-refractivity contribution in [2.24, 2.45) is 5.73 Å². The van der Waals surface area contributed by atoms with Crippen LogP contribution in [-0.2, 0) is 6.61 Å². The third kappa shape index (κ3) is 4.06. The SMILES string of the molecule is C[C@H](N)c1ccc(OCc2ccc(Br)cc2)cc1Br. The van der Waals surface area contributed by atoms with Gasteiger partial charge in [0.25, 0.3) is 0 Å². The molecule has 2 aromatic rings. The molecule has 0 saturated heterocycles. The third-order valence-electron chi connectivity index (χ3n) is 2.78. The molecule has 0 saturated carbocycles. The Balaban J connectivity index is 2.04. The fourth-order valence-electron chi connectivity index (χ4n) is 1.71. The van der Waals surface area contributed by atoms with Crippen molar-refractivity contribution in [3.8, 4) is 5.75 Å². The van der Waals surface area contributed by atoms with Gasteiger partial charge in [-0.3, -0.25) is 0 Å². The zero-order valence-corrected chi connectivity index (χ0v) is 13.7. The van der Waals surface area contributed by atoms with Crippen LogP contribution in [0, 0.1) is 0 Å². The Hall–Kier alpha value is -0.840. The zero-order chi connectivity index (χ0) is 13.8. The normalized spacial score (nSPS) is 12.2. The van der Waals surface area contributed by atoms with E-state index in [0.29, 0.717) is 6.61 Å². The molecule has 0 aromatic heterocycles. The largest absolute Gasteiger partial charge is 0.489 e. The Kier molecular flexibility index (Phi) is 5.02. The molecule has 0 aliphatic rings. The van der Waals surface area contributed by atoms with Crippen LogP contribution in [0.25, 0.3) is 0 Å². The lowest BCUT2D eigenvalue weighted by atomic mass is 10.1. The van der Waals surface area contributed by atoms with Crippen LogP contribution in [0.2, 0.25) is 0 Å². The molecule has 0 bridgehead atoms. The van der Waals surface area contributed by atoms with Crippen LogP contribution < -0.4 is 10.5 Å². The van der Waals surface area contributed by atoms with Gasteiger partial charge in [0.1, 0.15) is 12.4 Å². The smallest absolute Gasteiger partial charge is 0.120 e. The summed E-state index contributed by atoms with van der Waals surface area (Å²) in [6, 6.07) is 14.0. The Morgan fingerprint density at radius 1 is 1.11 bits per heavy atom. The van der Waals surface area contributed by atoms with Crippen LogP contribution in [-0.4, -0.2) is 0 Å². The number of nitrogens with two attached hydrogens (primary N) is 1. The van der Waals surface area contributed by atoms with Crippen molar-refractivity contribution in [1.29, 1.82) is 0 Å². The van der Waals surface area contributed by atoms with Crippen molar-refractivity contribution in [3.05, 3.63) is 62.5 Å². The average Bonchev–Trinajstić information content (AvgIpc) is 2.37. The van der Waals surface area contributed by atoms with Gasteiger partial charge in [0.2, 0.25) is 0 Å². The van der Waals surface area contributed by atoms with Crippen molar-refractivity contribution < 1.29 is 4.74 Å². The number of hydrogen-bond acceptors (Lipinski definition) is 2. The summed E-state index contributed by atoms with van der Waals surface area (Å²) < 4.78 is 7.81. The second-order valence-electron chi connectivity index (χ2n) is 4.39. The molecule has 2 aromatic carbocycles. The molecule has 0 radical (unpaired) electrons. The highest BCUT2D eigenvalue weighted by molar-refractivity contribution is 9.10. The van der Waals surface area contributed by atoms with Gasteiger partial charge in [-0.05, 0) is 42.3 Å². The zero-order valence-electron chi connectivity index (χ0n) is 10.6. The molecule has 1 atom stereocenters. The molecule has 0 fully saturated rings. The molecule has 0 spiro atoms. The maximum absolute atomic E-state index is 5.87. The maximum Gasteiger partial charge on any atom is 0.120 e. The van der Waals surface area contributed by atoms with Gasteiger partial charge >= 0.3 is 0 Å². The van der Waals surface area contributed by atoms with E-state index < -0.39 is 0 Å². The maximum atomic E-state index is 5.87. The predicted molar refractivity (Wildman–Crippen MR) is 85.2 cm³/mol. The third-order valence-corrected chi connectivity index (χ3v) is 4.00. The Morgan fingerprint density at radius 3 is 2.37 bits per heavy atom. The molecule has 100 valence electrons. The van der Waals surface area contributed by atoms with E-state index in [1.807, 2.05) is 49.4 Å². The van der Waals surface area contributed by atoms with Gasteiger partial charge in [-0.15, -0.1) is 0 Å². The summed E-state index contributed by atoms with van der Waals surface area (Å²) >= 11 is 6.93. The summed E-state index contributed by atoms with van der Waals surface area (Å²) in [7, 11) is 0. The fourth-order valence-corrected chi connectivity index (χ4v) is 2.70. The van der Waals surface area contributed by atoms with Crippen LogP contribution in [0.1, 0.15) is 24.1 Å². The molecule has 2 rings (SSSR count). The first-order valence-corrected chi connectivity index (χ1v) is 7.57. The second-order valence-corrected chi connectivity index (χ2v) is 6.16. The lowest BCUT2D eigenvalue weighted by Crippen LogP contribution is -2.05. The van der Waals surface area contributed by atoms with E-state index in [9.17, 15) is 0 Å². The molecule has 2 nitrogen and oxygen atoms in total. The number of benzene rings is 2. The second kappa shape index (κ2) is 6.55. The lowest BCUT2D eigenvalue weighted by molar-refractivity contribution is 0.306. The Morgan fingerprint density at radius 2 is 1.79 bits per heavy atom. The lowest BCUT2D eigenvalue weighted by Gasteiger charge is -2.11. The number of halogens is 2. The van der Waals surface area contributed by atoms with Gasteiger partial charge in [0.05, 0.1) is 0 Å². The molecule has 0 unspecified atom stereocenters. The molecule has 0 heterocycles. The van der Waals surface area contributed by atoms with Crippen LogP contribution in [0.4, 0.5) is 0 Å². The van der Waals surface area contributed by atoms with Crippen molar-refractivity contribution in [3.63, 3.8) is 0 Å². The minimum atomic E-state index is 0.00917. The topological polar surface area (TPSA) is 35.2 Å². The highest BCUT2D eigenvalue weighted by Gasteiger charge is 2.06. The highest BCUT2D eigenvalue weighted by Crippen LogP contribution is 2.27. The average molecular weight is 385 g/mol. The summed E-state index contributed by atoms with van der Waals surface area (Å²) in [6.07, 6.45) is 0. The Labute approximate surface area is 130 Å². The van der Waals surface area contributed by atoms with E-state index in [-0.39, 0.29) is 6.04 Å². The van der Waals surface area contributed by atoms with Crippen LogP contribution >= 0.6 is 31.9 Å². The van der Waals surface area contributed by atoms with Gasteiger partial charge in [-0.1, -0.05) is 50.1 Å². The van der Waals surface area contributed by atoms with Gasteiger partial charge in [0, 0.05) is 15.0 Å². The van der Waals surface area contributed by atoms with E-state index in [1.54, 1.807) is 0 Å². The summed E-state index contributed by atoms with van der Waals surface area (Å²) in [4.78, 5) is 0. The summed E-state index contributed by atoms with van der Waals surface area (Å²) in [6.45, 7) is 2.51. The number of ether oxygens (including phenoxy) is 1. The first-order chi connectivity index (χ1) is 9.06. The van der Waals surface area contributed by atoms with Crippen molar-refractivity contribution in [1.82, 2.24) is 0 Å². The number of hydrogen-bond donors (Lipinski definition) is 1. The summed E-state index contributed by atoms with van der Waals surface area (Å²) in [5.74, 6) is 0.833. The first-order valence-electron chi connectivity index (χ1n) is 5.98. The predicted octanol–water partition coefficient (Wildman–Crippen LogP) is 4.81. The van der Waals surface area contributed by atoms with Gasteiger partial charge in [-0.2, -0.15) is 0 Å². The summed E-state index contributed by atoms with van der Waals surface area (Å²) in [5, 5.41) is 0. The molecule has 0 aliphatic carbocycles. The molecular weight excluding hydrogens is 370 g/mol. The van der Waals surface area contributed by atoms with Gasteiger partial charge in [0.15, 0.2) is 0 Å². The van der Waals surface area contributed by atoms with Crippen LogP contribution in [0.3, 0.4) is 0 Å². The van der Waals surface area contributed by atoms with E-state index in [1.165, 1.54) is 0 Å². The summed E-state index contributed by atoms with van der Waals surface area (Å²) in [5.41, 5.74) is 8.08. The van der Waals surface area contributed by atoms with Crippen molar-refractivity contribution in [2.45, 2.75) is 19.6 Å². The monoisotopic (exact) mass is 383 g/mol. The van der Waals surface area contributed by atoms with Gasteiger partial charge < -0.3 is 10.5 Å². The first kappa shape index (κ1) is 14.6. The Bertz CT molecular complexity index is 553. The standard InChI is InChI=1S/C15H15Br2NO/c1-10(18)14-7-6-13(8-15(14)17)19-9-11-2-4-12(16)5-3-11/h2-8,10H,9,18H2,1H3/t10-/m0/s1. The van der Waals surface area contributed by atoms with E-state index in [0.717, 1.165) is 25.8 Å². The van der Waals surface area contributed by atoms with Crippen molar-refractivity contribution >= 4 is 31.9 Å². The van der Waals surface area contributed by atoms with Crippen LogP contribution in [0.15, 0.2) is 51.4 Å². The minimum Gasteiger partial charge on any atom is -0.489 e. The quantitative estimate of drug-likeness (QED) is 0.820. The molecule has 0 aliphatic heterocycles. The highest BCUT2D eigenvalue weighted by atomic mass is 79.9. The molecule has 0 amide bonds. The minimum absolute atomic E-state index is 0.00917. The number of rotatable bonds is 4. The van der Waals surface area contributed by atoms with E-state index in [4.69, 9.17) is 10.5 Å². The van der Waals surface area contributed by atoms with E-state index in [2.05, 4.69) is 31.9 Å². The molecular formula is C15H15Br2NO. The molecule has 4 heteroatoms. The molecule has 19 heavy (non-hydrogen) atoms. The molecule has 2 N–H and O–H groups in total. The van der Waals surface area contributed by atoms with Crippen molar-refractivity contribution in [2.75, 3.05) is 0 Å².